The lowest BCUT2D eigenvalue weighted by atomic mass is 10.1. The molecule has 0 aliphatic carbocycles. The first-order chi connectivity index (χ1) is 14.9. The van der Waals surface area contributed by atoms with E-state index in [-0.39, 0.29) is 16.4 Å². The minimum absolute atomic E-state index is 0.0552. The molecule has 3 heterocycles. The van der Waals surface area contributed by atoms with Crippen molar-refractivity contribution in [3.63, 3.8) is 0 Å². The number of benzene rings is 1. The van der Waals surface area contributed by atoms with Crippen molar-refractivity contribution >= 4 is 28.6 Å². The van der Waals surface area contributed by atoms with Crippen LogP contribution in [-0.2, 0) is 11.0 Å². The van der Waals surface area contributed by atoms with Crippen molar-refractivity contribution < 1.29 is 36.0 Å². The Hall–Kier alpha value is -3.54. The number of fused-ring (bicyclic) bond motifs is 1. The summed E-state index contributed by atoms with van der Waals surface area (Å²) in [4.78, 5) is 19.4. The van der Waals surface area contributed by atoms with Crippen LogP contribution in [0.3, 0.4) is 0 Å². The van der Waals surface area contributed by atoms with Crippen molar-refractivity contribution in [1.29, 1.82) is 0 Å². The van der Waals surface area contributed by atoms with E-state index < -0.39 is 23.9 Å². The first-order valence-corrected chi connectivity index (χ1v) is 9.00. The molecule has 0 aliphatic rings. The van der Waals surface area contributed by atoms with E-state index in [0.717, 1.165) is 24.4 Å². The smallest absolute Gasteiger partial charge is 0.326 e. The standard InChI is InChI=1S/C19H9ClF6N4O2/c20-14-7-11(18(21,22)23)1-2-15(14)29-9-10(8-28-29)12-3-5-27-16-13(12)4-6-30(16)32-17(31)19(24,25)26/h1-9H. The predicted octanol–water partition coefficient (Wildman–Crippen LogP) is 5.08. The Kier molecular flexibility index (Phi) is 5.12. The summed E-state index contributed by atoms with van der Waals surface area (Å²) >= 11 is 5.99. The van der Waals surface area contributed by atoms with Crippen molar-refractivity contribution in [2.24, 2.45) is 0 Å². The van der Waals surface area contributed by atoms with Crippen molar-refractivity contribution in [3.8, 4) is 16.8 Å². The molecule has 0 unspecified atom stereocenters. The first kappa shape index (κ1) is 21.7. The van der Waals surface area contributed by atoms with Gasteiger partial charge in [0.05, 0.1) is 22.5 Å². The Morgan fingerprint density at radius 2 is 1.81 bits per heavy atom. The average Bonchev–Trinajstić information content (AvgIpc) is 3.34. The number of carbonyl (C=O) groups is 1. The zero-order valence-corrected chi connectivity index (χ0v) is 16.2. The van der Waals surface area contributed by atoms with E-state index in [1.165, 1.54) is 29.3 Å². The SMILES string of the molecule is O=C(On1ccc2c(-c3cnn(-c4ccc(C(F)(F)F)cc4Cl)c3)ccnc21)C(F)(F)F. The van der Waals surface area contributed by atoms with Crippen LogP contribution in [0.4, 0.5) is 26.3 Å². The van der Waals surface area contributed by atoms with Crippen LogP contribution in [0, 0.1) is 0 Å². The van der Waals surface area contributed by atoms with Gasteiger partial charge in [-0.1, -0.05) is 11.6 Å². The highest BCUT2D eigenvalue weighted by atomic mass is 35.5. The van der Waals surface area contributed by atoms with Gasteiger partial charge in [0, 0.05) is 29.5 Å². The van der Waals surface area contributed by atoms with Crippen molar-refractivity contribution in [2.45, 2.75) is 12.4 Å². The Morgan fingerprint density at radius 3 is 2.47 bits per heavy atom. The lowest BCUT2D eigenvalue weighted by Crippen LogP contribution is -2.33. The molecule has 0 amide bonds. The van der Waals surface area contributed by atoms with E-state index in [1.54, 1.807) is 6.07 Å². The molecule has 0 spiro atoms. The van der Waals surface area contributed by atoms with Crippen molar-refractivity contribution in [1.82, 2.24) is 19.5 Å². The van der Waals surface area contributed by atoms with Gasteiger partial charge in [0.25, 0.3) is 0 Å². The van der Waals surface area contributed by atoms with E-state index >= 15 is 0 Å². The highest BCUT2D eigenvalue weighted by Gasteiger charge is 2.42. The average molecular weight is 475 g/mol. The van der Waals surface area contributed by atoms with Gasteiger partial charge >= 0.3 is 18.3 Å². The molecular formula is C19H9ClF6N4O2. The van der Waals surface area contributed by atoms with Crippen molar-refractivity contribution in [3.05, 3.63) is 65.7 Å². The third kappa shape index (κ3) is 4.00. The molecule has 6 nitrogen and oxygen atoms in total. The number of carbonyl (C=O) groups excluding carboxylic acids is 1. The van der Waals surface area contributed by atoms with Crippen LogP contribution >= 0.6 is 11.6 Å². The number of alkyl halides is 6. The third-order valence-corrected chi connectivity index (χ3v) is 4.69. The topological polar surface area (TPSA) is 61.9 Å². The van der Waals surface area contributed by atoms with Gasteiger partial charge in [-0.15, -0.1) is 0 Å². The fourth-order valence-corrected chi connectivity index (χ4v) is 3.21. The molecule has 0 atom stereocenters. The van der Waals surface area contributed by atoms with E-state index in [1.807, 2.05) is 0 Å². The zero-order chi connectivity index (χ0) is 23.3. The summed E-state index contributed by atoms with van der Waals surface area (Å²) in [6.07, 6.45) is -4.48. The molecule has 4 aromatic rings. The van der Waals surface area contributed by atoms with Crippen LogP contribution in [0.15, 0.2) is 55.1 Å². The fourth-order valence-electron chi connectivity index (χ4n) is 2.94. The third-order valence-electron chi connectivity index (χ3n) is 4.38. The number of aromatic nitrogens is 4. The van der Waals surface area contributed by atoms with Crippen LogP contribution in [-0.4, -0.2) is 31.6 Å². The Balaban J connectivity index is 1.69. The predicted molar refractivity (Wildman–Crippen MR) is 99.9 cm³/mol. The fraction of sp³-hybridized carbons (Fsp3) is 0.105. The molecule has 0 fully saturated rings. The van der Waals surface area contributed by atoms with Crippen LogP contribution in [0.25, 0.3) is 27.8 Å². The molecule has 0 saturated heterocycles. The van der Waals surface area contributed by atoms with E-state index in [4.69, 9.17) is 11.6 Å². The summed E-state index contributed by atoms with van der Waals surface area (Å²) < 4.78 is 77.8. The monoisotopic (exact) mass is 474 g/mol. The second-order valence-corrected chi connectivity index (χ2v) is 6.86. The molecular weight excluding hydrogens is 466 g/mol. The molecule has 32 heavy (non-hydrogen) atoms. The van der Waals surface area contributed by atoms with E-state index in [0.29, 0.717) is 21.2 Å². The number of halogens is 7. The zero-order valence-electron chi connectivity index (χ0n) is 15.4. The molecule has 4 rings (SSSR count). The number of pyridine rings is 1. The van der Waals surface area contributed by atoms with Crippen LogP contribution in [0.5, 0.6) is 0 Å². The van der Waals surface area contributed by atoms with Gasteiger partial charge in [-0.3, -0.25) is 0 Å². The Morgan fingerprint density at radius 1 is 1.06 bits per heavy atom. The molecule has 0 N–H and O–H groups in total. The van der Waals surface area contributed by atoms with E-state index in [9.17, 15) is 31.1 Å². The summed E-state index contributed by atoms with van der Waals surface area (Å²) in [6.45, 7) is 0. The summed E-state index contributed by atoms with van der Waals surface area (Å²) in [5, 5.41) is 4.27. The highest BCUT2D eigenvalue weighted by Crippen LogP contribution is 2.34. The summed E-state index contributed by atoms with van der Waals surface area (Å²) in [7, 11) is 0. The minimum atomic E-state index is -5.18. The molecule has 0 saturated carbocycles. The minimum Gasteiger partial charge on any atom is -0.326 e. The Labute approximate surface area is 179 Å². The number of hydrogen-bond acceptors (Lipinski definition) is 4. The van der Waals surface area contributed by atoms with Gasteiger partial charge in [0.1, 0.15) is 0 Å². The van der Waals surface area contributed by atoms with Gasteiger partial charge in [-0.2, -0.15) is 36.2 Å². The molecule has 0 aliphatic heterocycles. The van der Waals surface area contributed by atoms with E-state index in [2.05, 4.69) is 14.9 Å². The van der Waals surface area contributed by atoms with Gasteiger partial charge < -0.3 is 4.84 Å². The van der Waals surface area contributed by atoms with Gasteiger partial charge in [0.15, 0.2) is 5.65 Å². The first-order valence-electron chi connectivity index (χ1n) is 8.63. The van der Waals surface area contributed by atoms with Crippen LogP contribution in [0.1, 0.15) is 5.56 Å². The molecule has 1 aromatic carbocycles. The van der Waals surface area contributed by atoms with Gasteiger partial charge in [-0.25, -0.2) is 14.5 Å². The second kappa shape index (κ2) is 7.55. The summed E-state index contributed by atoms with van der Waals surface area (Å²) in [6, 6.07) is 5.75. The Bertz CT molecular complexity index is 1330. The van der Waals surface area contributed by atoms with Crippen LogP contribution in [0.2, 0.25) is 5.02 Å². The van der Waals surface area contributed by atoms with Gasteiger partial charge in [-0.05, 0) is 35.9 Å². The molecule has 0 bridgehead atoms. The molecule has 3 aromatic heterocycles. The molecule has 166 valence electrons. The highest BCUT2D eigenvalue weighted by molar-refractivity contribution is 6.32. The maximum atomic E-state index is 12.8. The molecule has 0 radical (unpaired) electrons. The largest absolute Gasteiger partial charge is 0.493 e. The summed E-state index contributed by atoms with van der Waals surface area (Å²) in [5.41, 5.74) is 0.164. The van der Waals surface area contributed by atoms with Crippen LogP contribution < -0.4 is 4.84 Å². The number of rotatable bonds is 3. The van der Waals surface area contributed by atoms with Crippen molar-refractivity contribution in [2.75, 3.05) is 0 Å². The normalized spacial score (nSPS) is 12.3. The maximum absolute atomic E-state index is 12.8. The molecule has 13 heteroatoms. The maximum Gasteiger partial charge on any atom is 0.493 e. The lowest BCUT2D eigenvalue weighted by molar-refractivity contribution is -0.199. The second-order valence-electron chi connectivity index (χ2n) is 6.45. The number of hydrogen-bond donors (Lipinski definition) is 0. The number of nitrogens with zero attached hydrogens (tertiary/aromatic N) is 4. The van der Waals surface area contributed by atoms with Gasteiger partial charge in [0.2, 0.25) is 0 Å². The lowest BCUT2D eigenvalue weighted by Gasteiger charge is -2.10. The summed E-state index contributed by atoms with van der Waals surface area (Å²) in [5.74, 6) is -2.41. The quantitative estimate of drug-likeness (QED) is 0.389.